The normalized spacial score (nSPS) is 14.8. The molecule has 0 aromatic rings. The molecule has 6 heteroatoms. The van der Waals surface area contributed by atoms with Crippen LogP contribution in [0.1, 0.15) is 53.9 Å². The lowest BCUT2D eigenvalue weighted by atomic mass is 9.71. The SMILES string of the molecule is C=C(CC(C)(C#N)CC(C)(C)CC)OOCC(O)COC(=O)C(=C)C. The van der Waals surface area contributed by atoms with Gasteiger partial charge in [0.1, 0.15) is 25.1 Å². The maximum absolute atomic E-state index is 11.2. The molecule has 0 fully saturated rings. The lowest BCUT2D eigenvalue weighted by Gasteiger charge is -2.32. The summed E-state index contributed by atoms with van der Waals surface area (Å²) in [7, 11) is 0. The Bertz CT molecular complexity index is 520. The summed E-state index contributed by atoms with van der Waals surface area (Å²) in [5.74, 6) is -0.269. The molecule has 0 aliphatic rings. The summed E-state index contributed by atoms with van der Waals surface area (Å²) in [6.07, 6.45) is 0.962. The van der Waals surface area contributed by atoms with Crippen molar-refractivity contribution in [2.45, 2.75) is 60.0 Å². The van der Waals surface area contributed by atoms with Gasteiger partial charge in [0, 0.05) is 12.0 Å². The zero-order valence-corrected chi connectivity index (χ0v) is 16.1. The van der Waals surface area contributed by atoms with E-state index in [0.717, 1.165) is 6.42 Å². The number of nitrogens with zero attached hydrogens (tertiary/aromatic N) is 1. The highest BCUT2D eigenvalue weighted by Gasteiger charge is 2.33. The predicted octanol–water partition coefficient (Wildman–Crippen LogP) is 3.67. The number of hydrogen-bond donors (Lipinski definition) is 1. The first-order valence-electron chi connectivity index (χ1n) is 8.34. The van der Waals surface area contributed by atoms with Crippen molar-refractivity contribution in [1.29, 1.82) is 5.26 Å². The maximum atomic E-state index is 11.2. The van der Waals surface area contributed by atoms with E-state index in [2.05, 4.69) is 40.0 Å². The summed E-state index contributed by atoms with van der Waals surface area (Å²) in [5.41, 5.74) is -0.326. The van der Waals surface area contributed by atoms with Crippen molar-refractivity contribution in [3.05, 3.63) is 24.5 Å². The van der Waals surface area contributed by atoms with E-state index in [0.29, 0.717) is 18.6 Å². The molecule has 6 nitrogen and oxygen atoms in total. The number of aliphatic hydroxyl groups excluding tert-OH is 1. The van der Waals surface area contributed by atoms with E-state index < -0.39 is 17.5 Å². The van der Waals surface area contributed by atoms with Crippen LogP contribution in [0.5, 0.6) is 0 Å². The second kappa shape index (κ2) is 10.2. The second-order valence-electron chi connectivity index (χ2n) is 7.48. The molecule has 2 unspecified atom stereocenters. The Balaban J connectivity index is 4.27. The molecule has 2 atom stereocenters. The minimum absolute atomic E-state index is 0.0367. The van der Waals surface area contributed by atoms with Crippen molar-refractivity contribution >= 4 is 5.97 Å². The van der Waals surface area contributed by atoms with Gasteiger partial charge >= 0.3 is 5.97 Å². The molecule has 142 valence electrons. The van der Waals surface area contributed by atoms with Crippen LogP contribution < -0.4 is 0 Å². The largest absolute Gasteiger partial charge is 0.459 e. The molecule has 0 saturated carbocycles. The standard InChI is InChI=1S/C19H31NO5/c1-8-18(5,6)12-19(7,13-20)9-15(4)25-24-11-16(21)10-23-17(22)14(2)3/h16,21H,2,4,8-12H2,1,3,5-7H3. The number of allylic oxidation sites excluding steroid dienone is 1. The van der Waals surface area contributed by atoms with Crippen molar-refractivity contribution in [1.82, 2.24) is 0 Å². The van der Waals surface area contributed by atoms with Gasteiger partial charge in [0.15, 0.2) is 0 Å². The van der Waals surface area contributed by atoms with Crippen LogP contribution in [0.25, 0.3) is 0 Å². The molecule has 0 rings (SSSR count). The molecule has 0 aromatic heterocycles. The molecule has 0 amide bonds. The fourth-order valence-electron chi connectivity index (χ4n) is 2.33. The van der Waals surface area contributed by atoms with Crippen molar-refractivity contribution < 1.29 is 24.4 Å². The fraction of sp³-hybridized carbons (Fsp3) is 0.684. The summed E-state index contributed by atoms with van der Waals surface area (Å²) in [6.45, 7) is 16.5. The van der Waals surface area contributed by atoms with Crippen LogP contribution in [-0.2, 0) is 19.3 Å². The van der Waals surface area contributed by atoms with E-state index >= 15 is 0 Å². The van der Waals surface area contributed by atoms with E-state index in [9.17, 15) is 15.2 Å². The Hall–Kier alpha value is -1.84. The molecular formula is C19H31NO5. The molecule has 0 aromatic carbocycles. The lowest BCUT2D eigenvalue weighted by molar-refractivity contribution is -0.279. The lowest BCUT2D eigenvalue weighted by Crippen LogP contribution is -2.26. The van der Waals surface area contributed by atoms with Crippen LogP contribution in [0.4, 0.5) is 0 Å². The van der Waals surface area contributed by atoms with Gasteiger partial charge in [0.25, 0.3) is 0 Å². The number of esters is 1. The van der Waals surface area contributed by atoms with Crippen LogP contribution in [0, 0.1) is 22.2 Å². The number of carbonyl (C=O) groups excluding carboxylic acids is 1. The van der Waals surface area contributed by atoms with Gasteiger partial charge < -0.3 is 14.7 Å². The van der Waals surface area contributed by atoms with Gasteiger partial charge in [0.05, 0.1) is 11.5 Å². The minimum Gasteiger partial charge on any atom is -0.459 e. The maximum Gasteiger partial charge on any atom is 0.333 e. The highest BCUT2D eigenvalue weighted by molar-refractivity contribution is 5.86. The van der Waals surface area contributed by atoms with E-state index in [-0.39, 0.29) is 24.2 Å². The van der Waals surface area contributed by atoms with Gasteiger partial charge in [-0.15, -0.1) is 0 Å². The highest BCUT2D eigenvalue weighted by Crippen LogP contribution is 2.39. The smallest absolute Gasteiger partial charge is 0.333 e. The van der Waals surface area contributed by atoms with Crippen molar-refractivity contribution in [2.75, 3.05) is 13.2 Å². The number of nitriles is 1. The molecule has 0 saturated heterocycles. The van der Waals surface area contributed by atoms with Crippen molar-refractivity contribution in [3.63, 3.8) is 0 Å². The van der Waals surface area contributed by atoms with Crippen molar-refractivity contribution in [3.8, 4) is 6.07 Å². The third-order valence-corrected chi connectivity index (χ3v) is 3.88. The Kier molecular flexibility index (Phi) is 9.47. The Morgan fingerprint density at radius 1 is 1.28 bits per heavy atom. The van der Waals surface area contributed by atoms with E-state index in [4.69, 9.17) is 14.5 Å². The topological polar surface area (TPSA) is 88.8 Å². The van der Waals surface area contributed by atoms with E-state index in [1.807, 2.05) is 6.92 Å². The molecule has 0 radical (unpaired) electrons. The third-order valence-electron chi connectivity index (χ3n) is 3.88. The van der Waals surface area contributed by atoms with Gasteiger partial charge in [-0.05, 0) is 25.7 Å². The number of hydrogen-bond acceptors (Lipinski definition) is 6. The van der Waals surface area contributed by atoms with Gasteiger partial charge in [-0.25, -0.2) is 4.79 Å². The molecule has 0 spiro atoms. The third kappa shape index (κ3) is 9.90. The Morgan fingerprint density at radius 3 is 2.36 bits per heavy atom. The number of ether oxygens (including phenoxy) is 1. The van der Waals surface area contributed by atoms with Crippen LogP contribution in [0.3, 0.4) is 0 Å². The van der Waals surface area contributed by atoms with Crippen LogP contribution in [-0.4, -0.2) is 30.4 Å². The average molecular weight is 353 g/mol. The molecule has 0 aliphatic carbocycles. The zero-order chi connectivity index (χ0) is 19.7. The molecule has 0 heterocycles. The highest BCUT2D eigenvalue weighted by atomic mass is 17.2. The zero-order valence-electron chi connectivity index (χ0n) is 16.1. The fourth-order valence-corrected chi connectivity index (χ4v) is 2.33. The van der Waals surface area contributed by atoms with Crippen LogP contribution in [0.15, 0.2) is 24.5 Å². The first-order valence-corrected chi connectivity index (χ1v) is 8.34. The second-order valence-corrected chi connectivity index (χ2v) is 7.48. The molecule has 25 heavy (non-hydrogen) atoms. The first kappa shape index (κ1) is 23.2. The Morgan fingerprint density at radius 2 is 1.88 bits per heavy atom. The average Bonchev–Trinajstić information content (AvgIpc) is 2.51. The monoisotopic (exact) mass is 353 g/mol. The van der Waals surface area contributed by atoms with E-state index in [1.165, 1.54) is 6.92 Å². The van der Waals surface area contributed by atoms with Gasteiger partial charge in [-0.1, -0.05) is 40.3 Å². The van der Waals surface area contributed by atoms with Crippen molar-refractivity contribution in [2.24, 2.45) is 10.8 Å². The summed E-state index contributed by atoms with van der Waals surface area (Å²) in [6, 6.07) is 2.33. The van der Waals surface area contributed by atoms with E-state index in [1.54, 1.807) is 0 Å². The van der Waals surface area contributed by atoms with Gasteiger partial charge in [-0.3, -0.25) is 0 Å². The van der Waals surface area contributed by atoms with Gasteiger partial charge in [0.2, 0.25) is 0 Å². The summed E-state index contributed by atoms with van der Waals surface area (Å²) in [4.78, 5) is 21.2. The summed E-state index contributed by atoms with van der Waals surface area (Å²) < 4.78 is 4.80. The first-order chi connectivity index (χ1) is 11.4. The molecule has 0 aliphatic heterocycles. The minimum atomic E-state index is -1.03. The molecule has 0 bridgehead atoms. The summed E-state index contributed by atoms with van der Waals surface area (Å²) >= 11 is 0. The molecular weight excluding hydrogens is 322 g/mol. The van der Waals surface area contributed by atoms with Crippen LogP contribution >= 0.6 is 0 Å². The van der Waals surface area contributed by atoms with Gasteiger partial charge in [-0.2, -0.15) is 10.1 Å². The van der Waals surface area contributed by atoms with Crippen LogP contribution in [0.2, 0.25) is 0 Å². The number of carbonyl (C=O) groups is 1. The quantitative estimate of drug-likeness (QED) is 0.189. The number of aliphatic hydroxyl groups is 1. The predicted molar refractivity (Wildman–Crippen MR) is 95.0 cm³/mol. The summed E-state index contributed by atoms with van der Waals surface area (Å²) in [5, 5.41) is 19.2. The molecule has 1 N–H and O–H groups in total. The number of rotatable bonds is 12. The Labute approximate surface area is 151 Å².